The summed E-state index contributed by atoms with van der Waals surface area (Å²) in [5.41, 5.74) is -0.580. The zero-order valence-corrected chi connectivity index (χ0v) is 27.5. The van der Waals surface area contributed by atoms with Gasteiger partial charge in [0.2, 0.25) is 0 Å². The first-order valence-corrected chi connectivity index (χ1v) is 16.7. The lowest BCUT2D eigenvalue weighted by Gasteiger charge is -2.44. The molecule has 3 N–H and O–H groups in total. The number of para-hydroxylation sites is 1. The molecule has 4 aliphatic heterocycles. The Morgan fingerprint density at radius 3 is 2.42 bits per heavy atom. The van der Waals surface area contributed by atoms with Crippen molar-refractivity contribution in [2.24, 2.45) is 0 Å². The quantitative estimate of drug-likeness (QED) is 0.392. The van der Waals surface area contributed by atoms with Gasteiger partial charge in [-0.1, -0.05) is 29.8 Å². The molecule has 0 bridgehead atoms. The second-order valence-electron chi connectivity index (χ2n) is 12.7. The van der Waals surface area contributed by atoms with Crippen LogP contribution in [0.4, 0.5) is 34.1 Å². The molecule has 4 aliphatic rings. The molecule has 4 heterocycles. The van der Waals surface area contributed by atoms with Crippen molar-refractivity contribution in [1.82, 2.24) is 20.0 Å². The summed E-state index contributed by atoms with van der Waals surface area (Å²) in [5, 5.41) is 8.40. The predicted octanol–water partition coefficient (Wildman–Crippen LogP) is 4.90. The number of anilines is 2. The van der Waals surface area contributed by atoms with Gasteiger partial charge in [-0.3, -0.25) is 15.0 Å². The highest BCUT2D eigenvalue weighted by Crippen LogP contribution is 2.44. The Hall–Kier alpha value is -3.75. The van der Waals surface area contributed by atoms with E-state index in [0.717, 1.165) is 50.7 Å². The molecule has 0 saturated carbocycles. The molecule has 1 spiro atoms. The van der Waals surface area contributed by atoms with Crippen molar-refractivity contribution in [3.05, 3.63) is 58.1 Å². The number of hydrogen-bond acceptors (Lipinski definition) is 8. The van der Waals surface area contributed by atoms with Crippen LogP contribution in [0.5, 0.6) is 0 Å². The number of halogens is 4. The molecule has 2 aromatic carbocycles. The summed E-state index contributed by atoms with van der Waals surface area (Å²) >= 11 is 6.26. The summed E-state index contributed by atoms with van der Waals surface area (Å²) in [6, 6.07) is 9.96. The van der Waals surface area contributed by atoms with Crippen LogP contribution in [0.1, 0.15) is 42.4 Å². The van der Waals surface area contributed by atoms with Crippen molar-refractivity contribution in [3.63, 3.8) is 0 Å². The van der Waals surface area contributed by atoms with Crippen LogP contribution in [0, 0.1) is 0 Å². The zero-order valence-electron chi connectivity index (χ0n) is 26.7. The number of rotatable bonds is 6. The molecule has 3 saturated heterocycles. The van der Waals surface area contributed by atoms with Crippen LogP contribution in [0.2, 0.25) is 5.02 Å². The summed E-state index contributed by atoms with van der Waals surface area (Å²) in [6.45, 7) is 4.94. The van der Waals surface area contributed by atoms with E-state index in [2.05, 4.69) is 20.9 Å². The highest BCUT2D eigenvalue weighted by atomic mass is 35.5. The number of piperidine rings is 2. The fraction of sp³-hybridized carbons (Fsp3) is 0.545. The molecule has 260 valence electrons. The molecule has 1 atom stereocenters. The lowest BCUT2D eigenvalue weighted by atomic mass is 9.82. The molecule has 0 unspecified atom stereocenters. The number of carbonyl (C=O) groups is 3. The Labute approximate surface area is 282 Å². The van der Waals surface area contributed by atoms with Gasteiger partial charge in [-0.2, -0.15) is 13.2 Å². The third kappa shape index (κ3) is 7.15. The Morgan fingerprint density at radius 1 is 1.06 bits per heavy atom. The van der Waals surface area contributed by atoms with Crippen LogP contribution in [-0.2, 0) is 32.5 Å². The molecule has 3 fully saturated rings. The Bertz CT molecular complexity index is 1520. The van der Waals surface area contributed by atoms with Crippen molar-refractivity contribution in [2.75, 3.05) is 70.0 Å². The summed E-state index contributed by atoms with van der Waals surface area (Å²) in [4.78, 5) is 45.4. The topological polar surface area (TPSA) is 115 Å². The van der Waals surface area contributed by atoms with E-state index in [-0.39, 0.29) is 35.8 Å². The second kappa shape index (κ2) is 14.0. The molecule has 6 rings (SSSR count). The van der Waals surface area contributed by atoms with Gasteiger partial charge in [-0.25, -0.2) is 9.59 Å². The summed E-state index contributed by atoms with van der Waals surface area (Å²) in [6.07, 6.45) is -5.60. The third-order valence-corrected chi connectivity index (χ3v) is 10.2. The molecule has 11 nitrogen and oxygen atoms in total. The van der Waals surface area contributed by atoms with Gasteiger partial charge in [0.05, 0.1) is 22.0 Å². The standard InChI is InChI=1S/C33H40ClF3N6O5/c1-38-28-24(33(35,36)37)18-21(19-25(28)34)20-27(29(44)42-12-6-22(7-13-42)41-16-10-39-11-17-41)47-31(46)43-14-8-32(9-15-43)23-4-2-3-5-26(23)40-30(45)48-32/h2-5,18-19,22,27,38-39H,6-17,20H2,1H3,(H,40,45)/t27-/m1/s1. The average Bonchev–Trinajstić information content (AvgIpc) is 3.07. The average molecular weight is 693 g/mol. The summed E-state index contributed by atoms with van der Waals surface area (Å²) in [7, 11) is 1.35. The Balaban J connectivity index is 1.19. The van der Waals surface area contributed by atoms with Gasteiger partial charge >= 0.3 is 18.4 Å². The van der Waals surface area contributed by atoms with Crippen LogP contribution >= 0.6 is 11.6 Å². The maximum Gasteiger partial charge on any atom is 0.418 e. The minimum absolute atomic E-state index is 0.115. The predicted molar refractivity (Wildman–Crippen MR) is 173 cm³/mol. The van der Waals surface area contributed by atoms with E-state index in [1.54, 1.807) is 11.0 Å². The van der Waals surface area contributed by atoms with Crippen LogP contribution in [-0.4, -0.2) is 104 Å². The number of amides is 3. The third-order valence-electron chi connectivity index (χ3n) is 9.86. The Morgan fingerprint density at radius 2 is 1.75 bits per heavy atom. The van der Waals surface area contributed by atoms with Crippen LogP contribution in [0.15, 0.2) is 36.4 Å². The molecule has 2 aromatic rings. The minimum atomic E-state index is -4.71. The minimum Gasteiger partial charge on any atom is -0.438 e. The van der Waals surface area contributed by atoms with E-state index in [9.17, 15) is 27.6 Å². The lowest BCUT2D eigenvalue weighted by molar-refractivity contribution is -0.142. The highest BCUT2D eigenvalue weighted by molar-refractivity contribution is 6.33. The number of likely N-dealkylation sites (tertiary alicyclic amines) is 2. The maximum absolute atomic E-state index is 14.0. The fourth-order valence-corrected chi connectivity index (χ4v) is 7.67. The van der Waals surface area contributed by atoms with Gasteiger partial charge in [0.25, 0.3) is 5.91 Å². The van der Waals surface area contributed by atoms with E-state index in [1.165, 1.54) is 18.0 Å². The molecule has 15 heteroatoms. The van der Waals surface area contributed by atoms with E-state index in [4.69, 9.17) is 21.1 Å². The number of nitrogens with zero attached hydrogens (tertiary/aromatic N) is 3. The fourth-order valence-electron chi connectivity index (χ4n) is 7.33. The van der Waals surface area contributed by atoms with Crippen molar-refractivity contribution in [2.45, 2.75) is 56.0 Å². The molecular weight excluding hydrogens is 653 g/mol. The second-order valence-corrected chi connectivity index (χ2v) is 13.1. The first-order valence-electron chi connectivity index (χ1n) is 16.3. The van der Waals surface area contributed by atoms with Crippen molar-refractivity contribution in [1.29, 1.82) is 0 Å². The lowest BCUT2D eigenvalue weighted by Crippen LogP contribution is -2.54. The number of benzene rings is 2. The highest BCUT2D eigenvalue weighted by Gasteiger charge is 2.46. The number of carbonyl (C=O) groups excluding carboxylic acids is 3. The molecule has 0 aromatic heterocycles. The first-order chi connectivity index (χ1) is 23.0. The first kappa shape index (κ1) is 34.1. The summed E-state index contributed by atoms with van der Waals surface area (Å²) in [5.74, 6) is -0.459. The van der Waals surface area contributed by atoms with Crippen LogP contribution in [0.25, 0.3) is 0 Å². The zero-order chi connectivity index (χ0) is 34.1. The van der Waals surface area contributed by atoms with Gasteiger partial charge in [0.15, 0.2) is 6.10 Å². The van der Waals surface area contributed by atoms with E-state index >= 15 is 0 Å². The van der Waals surface area contributed by atoms with Gasteiger partial charge in [0, 0.05) is 90.3 Å². The molecule has 0 radical (unpaired) electrons. The molecule has 3 amide bonds. The molecular formula is C33H40ClF3N6O5. The number of alkyl halides is 3. The van der Waals surface area contributed by atoms with Gasteiger partial charge < -0.3 is 29.9 Å². The Kier molecular flexibility index (Phi) is 9.96. The SMILES string of the molecule is CNc1c(Cl)cc(C[C@@H](OC(=O)N2CCC3(CC2)OC(=O)Nc2ccccc23)C(=O)N2CCC(N3CCNCC3)CC2)cc1C(F)(F)F. The molecule has 0 aliphatic carbocycles. The summed E-state index contributed by atoms with van der Waals surface area (Å²) < 4.78 is 53.6. The number of piperazine rings is 1. The largest absolute Gasteiger partial charge is 0.438 e. The van der Waals surface area contributed by atoms with Crippen LogP contribution in [0.3, 0.4) is 0 Å². The number of ether oxygens (including phenoxy) is 2. The van der Waals surface area contributed by atoms with Crippen molar-refractivity contribution < 1.29 is 37.0 Å². The normalized spacial score (nSPS) is 20.8. The van der Waals surface area contributed by atoms with E-state index in [1.807, 2.05) is 18.2 Å². The van der Waals surface area contributed by atoms with Crippen LogP contribution < -0.4 is 16.0 Å². The van der Waals surface area contributed by atoms with Crippen molar-refractivity contribution in [3.8, 4) is 0 Å². The van der Waals surface area contributed by atoms with Gasteiger partial charge in [0.1, 0.15) is 5.60 Å². The number of nitrogens with one attached hydrogen (secondary N) is 3. The number of fused-ring (bicyclic) bond motifs is 2. The van der Waals surface area contributed by atoms with Crippen molar-refractivity contribution >= 4 is 41.1 Å². The monoisotopic (exact) mass is 692 g/mol. The van der Waals surface area contributed by atoms with E-state index < -0.39 is 41.5 Å². The van der Waals surface area contributed by atoms with Gasteiger partial charge in [-0.15, -0.1) is 0 Å². The smallest absolute Gasteiger partial charge is 0.418 e. The maximum atomic E-state index is 14.0. The number of hydrogen-bond donors (Lipinski definition) is 3. The van der Waals surface area contributed by atoms with E-state index in [0.29, 0.717) is 37.7 Å². The molecule has 48 heavy (non-hydrogen) atoms. The van der Waals surface area contributed by atoms with Gasteiger partial charge in [-0.05, 0) is 36.6 Å².